The Morgan fingerprint density at radius 2 is 1.33 bits per heavy atom. The molecule has 51 heavy (non-hydrogen) atoms. The number of fused-ring (bicyclic) bond motifs is 8. The fourth-order valence-electron chi connectivity index (χ4n) is 9.53. The summed E-state index contributed by atoms with van der Waals surface area (Å²) in [5.41, 5.74) is 11.5. The Balaban J connectivity index is 1.12. The van der Waals surface area contributed by atoms with Crippen molar-refractivity contribution in [3.8, 4) is 16.9 Å². The minimum Gasteiger partial charge on any atom is -0.485 e. The molecule has 0 spiro atoms. The molecule has 0 aromatic heterocycles. The third kappa shape index (κ3) is 4.69. The van der Waals surface area contributed by atoms with Gasteiger partial charge in [0.2, 0.25) is 0 Å². The van der Waals surface area contributed by atoms with E-state index in [9.17, 15) is 0 Å². The van der Waals surface area contributed by atoms with Gasteiger partial charge >= 0.3 is 0 Å². The lowest BCUT2D eigenvalue weighted by Gasteiger charge is -2.29. The number of nitrogens with zero attached hydrogens (tertiary/aromatic N) is 1. The maximum atomic E-state index is 6.92. The highest BCUT2D eigenvalue weighted by molar-refractivity contribution is 6.01. The van der Waals surface area contributed by atoms with Gasteiger partial charge in [0.05, 0.1) is 5.69 Å². The molecule has 0 bridgehead atoms. The molecule has 2 nitrogen and oxygen atoms in total. The van der Waals surface area contributed by atoms with E-state index in [0.29, 0.717) is 17.8 Å². The van der Waals surface area contributed by atoms with Crippen LogP contribution in [0.25, 0.3) is 21.9 Å². The molecule has 5 atom stereocenters. The highest BCUT2D eigenvalue weighted by atomic mass is 16.5. The van der Waals surface area contributed by atoms with Crippen molar-refractivity contribution in [2.75, 3.05) is 4.90 Å². The highest BCUT2D eigenvalue weighted by Gasteiger charge is 2.49. The molecule has 2 heteroatoms. The summed E-state index contributed by atoms with van der Waals surface area (Å²) in [5, 5.41) is 2.57. The lowest BCUT2D eigenvalue weighted by atomic mass is 9.74. The van der Waals surface area contributed by atoms with Gasteiger partial charge in [-0.15, -0.1) is 0 Å². The third-order valence-electron chi connectivity index (χ3n) is 12.0. The molecule has 0 radical (unpaired) electrons. The van der Waals surface area contributed by atoms with Gasteiger partial charge in [-0.3, -0.25) is 0 Å². The standard InChI is InChI=1S/C49H41NO/c1-49(2)42-23-13-11-21-39(42)47-43(49)31-41(46-40-22-12-14-24-45(40)51-48(46)47)33-25-27-35(28-26-33)50(34-17-7-4-8-18-34)44-30-29-36(32-15-5-3-6-16-32)37-19-9-10-20-38(37)44/h3-15,17-32,39-40,42,45H,16H2,1-2H3. The van der Waals surface area contributed by atoms with Crippen LogP contribution in [-0.4, -0.2) is 6.10 Å². The van der Waals surface area contributed by atoms with Gasteiger partial charge in [-0.2, -0.15) is 0 Å². The summed E-state index contributed by atoms with van der Waals surface area (Å²) in [7, 11) is 0. The molecule has 5 aromatic carbocycles. The summed E-state index contributed by atoms with van der Waals surface area (Å²) in [6.45, 7) is 4.82. The van der Waals surface area contributed by atoms with Crippen molar-refractivity contribution in [3.05, 3.63) is 192 Å². The number of hydrogen-bond donors (Lipinski definition) is 0. The molecule has 0 saturated heterocycles. The van der Waals surface area contributed by atoms with Crippen LogP contribution >= 0.6 is 0 Å². The molecular formula is C49H41NO. The first-order chi connectivity index (χ1) is 25.1. The minimum atomic E-state index is -0.00515. The van der Waals surface area contributed by atoms with Crippen molar-refractivity contribution in [1.82, 2.24) is 0 Å². The van der Waals surface area contributed by atoms with E-state index in [2.05, 4.69) is 189 Å². The Morgan fingerprint density at radius 1 is 0.627 bits per heavy atom. The summed E-state index contributed by atoms with van der Waals surface area (Å²) >= 11 is 0. The van der Waals surface area contributed by atoms with Gasteiger partial charge in [0.15, 0.2) is 0 Å². The zero-order valence-corrected chi connectivity index (χ0v) is 29.1. The van der Waals surface area contributed by atoms with Crippen molar-refractivity contribution in [3.63, 3.8) is 0 Å². The number of benzene rings is 5. The van der Waals surface area contributed by atoms with Crippen molar-refractivity contribution in [1.29, 1.82) is 0 Å². The molecule has 0 N–H and O–H groups in total. The zero-order chi connectivity index (χ0) is 34.1. The molecule has 0 fully saturated rings. The van der Waals surface area contributed by atoms with E-state index < -0.39 is 0 Å². The van der Waals surface area contributed by atoms with Crippen LogP contribution in [0.2, 0.25) is 0 Å². The number of allylic oxidation sites excluding steroid dienone is 10. The number of para-hydroxylation sites is 1. The van der Waals surface area contributed by atoms with E-state index in [4.69, 9.17) is 4.74 Å². The Hall–Kier alpha value is -5.60. The first-order valence-corrected chi connectivity index (χ1v) is 18.5. The molecule has 5 aromatic rings. The molecule has 5 aliphatic rings. The third-order valence-corrected chi connectivity index (χ3v) is 12.0. The molecule has 1 heterocycles. The van der Waals surface area contributed by atoms with Crippen LogP contribution in [0.5, 0.6) is 5.75 Å². The second-order valence-electron chi connectivity index (χ2n) is 15.1. The topological polar surface area (TPSA) is 12.5 Å². The van der Waals surface area contributed by atoms with Crippen LogP contribution in [0.1, 0.15) is 60.3 Å². The maximum Gasteiger partial charge on any atom is 0.128 e. The van der Waals surface area contributed by atoms with Gasteiger partial charge in [-0.1, -0.05) is 141 Å². The lowest BCUT2D eigenvalue weighted by molar-refractivity contribution is 0.266. The van der Waals surface area contributed by atoms with E-state index in [-0.39, 0.29) is 17.4 Å². The van der Waals surface area contributed by atoms with Gasteiger partial charge < -0.3 is 9.64 Å². The predicted molar refractivity (Wildman–Crippen MR) is 213 cm³/mol. The second kappa shape index (κ2) is 11.7. The molecule has 248 valence electrons. The summed E-state index contributed by atoms with van der Waals surface area (Å²) in [6.07, 6.45) is 28.1. The lowest BCUT2D eigenvalue weighted by Crippen LogP contribution is -2.24. The number of rotatable bonds is 5. The van der Waals surface area contributed by atoms with Gasteiger partial charge in [-0.25, -0.2) is 0 Å². The molecule has 5 unspecified atom stereocenters. The van der Waals surface area contributed by atoms with Crippen LogP contribution in [-0.2, 0) is 5.41 Å². The number of ether oxygens (including phenoxy) is 1. The first-order valence-electron chi connectivity index (χ1n) is 18.5. The Kier molecular flexibility index (Phi) is 6.96. The highest BCUT2D eigenvalue weighted by Crippen LogP contribution is 2.61. The van der Waals surface area contributed by atoms with Gasteiger partial charge in [-0.05, 0) is 87.9 Å². The van der Waals surface area contributed by atoms with Crippen molar-refractivity contribution >= 4 is 27.8 Å². The molecule has 4 aliphatic carbocycles. The summed E-state index contributed by atoms with van der Waals surface area (Å²) in [6, 6.07) is 36.1. The predicted octanol–water partition coefficient (Wildman–Crippen LogP) is 12.7. The largest absolute Gasteiger partial charge is 0.485 e. The van der Waals surface area contributed by atoms with Crippen molar-refractivity contribution in [2.45, 2.75) is 49.5 Å². The Morgan fingerprint density at radius 3 is 2.14 bits per heavy atom. The first kappa shape index (κ1) is 30.2. The number of anilines is 3. The molecular weight excluding hydrogens is 619 g/mol. The fourth-order valence-corrected chi connectivity index (χ4v) is 9.53. The monoisotopic (exact) mass is 659 g/mol. The van der Waals surface area contributed by atoms with Crippen LogP contribution in [0.4, 0.5) is 17.1 Å². The van der Waals surface area contributed by atoms with E-state index in [1.165, 1.54) is 49.8 Å². The quantitative estimate of drug-likeness (QED) is 0.186. The average molecular weight is 660 g/mol. The number of hydrogen-bond acceptors (Lipinski definition) is 2. The van der Waals surface area contributed by atoms with Crippen molar-refractivity contribution in [2.24, 2.45) is 5.92 Å². The molecule has 0 saturated carbocycles. The van der Waals surface area contributed by atoms with Gasteiger partial charge in [0, 0.05) is 45.6 Å². The van der Waals surface area contributed by atoms with E-state index in [0.717, 1.165) is 23.5 Å². The van der Waals surface area contributed by atoms with Crippen LogP contribution in [0.3, 0.4) is 0 Å². The normalized spacial score (nSPS) is 24.2. The molecule has 0 amide bonds. The van der Waals surface area contributed by atoms with Crippen molar-refractivity contribution < 1.29 is 4.74 Å². The minimum absolute atomic E-state index is 0.00515. The van der Waals surface area contributed by atoms with E-state index >= 15 is 0 Å². The smallest absolute Gasteiger partial charge is 0.128 e. The summed E-state index contributed by atoms with van der Waals surface area (Å²) in [4.78, 5) is 2.42. The zero-order valence-electron chi connectivity index (χ0n) is 29.1. The van der Waals surface area contributed by atoms with Crippen LogP contribution < -0.4 is 9.64 Å². The Bertz CT molecular complexity index is 2370. The van der Waals surface area contributed by atoms with Gasteiger partial charge in [0.25, 0.3) is 0 Å². The Labute approximate surface area is 301 Å². The van der Waals surface area contributed by atoms with E-state index in [1.54, 1.807) is 0 Å². The van der Waals surface area contributed by atoms with Crippen LogP contribution in [0, 0.1) is 5.92 Å². The molecule has 10 rings (SSSR count). The van der Waals surface area contributed by atoms with Gasteiger partial charge in [0.1, 0.15) is 11.9 Å². The SMILES string of the molecule is CC1(C)c2cc(-c3ccc(N(c4ccccc4)c4ccc(C5C=CC=CC5)c5ccccc45)cc3)c3c(c2C2C=CC=CC21)OC1C=CC=CC31. The second-order valence-corrected chi connectivity index (χ2v) is 15.1. The van der Waals surface area contributed by atoms with E-state index in [1.807, 2.05) is 0 Å². The fraction of sp³-hybridized carbons (Fsp3) is 0.184. The van der Waals surface area contributed by atoms with Crippen LogP contribution in [0.15, 0.2) is 170 Å². The maximum absolute atomic E-state index is 6.92. The summed E-state index contributed by atoms with van der Waals surface area (Å²) in [5.74, 6) is 2.45. The molecule has 1 aliphatic heterocycles. The average Bonchev–Trinajstić information content (AvgIpc) is 3.68. The summed E-state index contributed by atoms with van der Waals surface area (Å²) < 4.78 is 6.92.